The Morgan fingerprint density at radius 1 is 1.19 bits per heavy atom. The number of aliphatic hydroxyl groups excluding tert-OH is 1. The van der Waals surface area contributed by atoms with E-state index in [9.17, 15) is 18.0 Å². The summed E-state index contributed by atoms with van der Waals surface area (Å²) in [6, 6.07) is 6.05. The Balaban J connectivity index is 1.76. The minimum Gasteiger partial charge on any atom is -0.396 e. The second kappa shape index (κ2) is 8.44. The summed E-state index contributed by atoms with van der Waals surface area (Å²) in [6.07, 6.45) is 0.802. The van der Waals surface area contributed by atoms with Crippen LogP contribution in [-0.2, 0) is 4.84 Å². The van der Waals surface area contributed by atoms with Crippen molar-refractivity contribution in [1.82, 2.24) is 5.48 Å². The summed E-state index contributed by atoms with van der Waals surface area (Å²) < 4.78 is 42.6. The van der Waals surface area contributed by atoms with Gasteiger partial charge in [-0.25, -0.2) is 18.7 Å². The lowest BCUT2D eigenvalue weighted by Gasteiger charge is -2.14. The maximum Gasteiger partial charge on any atom is 0.277 e. The Bertz CT molecular complexity index is 866. The normalized spacial score (nSPS) is 18.3. The molecule has 2 unspecified atom stereocenters. The molecule has 1 aliphatic rings. The van der Waals surface area contributed by atoms with E-state index < -0.39 is 29.0 Å². The minimum absolute atomic E-state index is 0.0563. The second-order valence-electron chi connectivity index (χ2n) is 6.21. The van der Waals surface area contributed by atoms with E-state index in [-0.39, 0.29) is 36.3 Å². The van der Waals surface area contributed by atoms with Crippen molar-refractivity contribution in [3.8, 4) is 0 Å². The molecule has 0 saturated heterocycles. The van der Waals surface area contributed by atoms with Crippen molar-refractivity contribution in [3.63, 3.8) is 0 Å². The van der Waals surface area contributed by atoms with Crippen LogP contribution >= 0.6 is 22.6 Å². The highest BCUT2D eigenvalue weighted by atomic mass is 127. The van der Waals surface area contributed by atoms with Gasteiger partial charge in [0.05, 0.1) is 23.5 Å². The van der Waals surface area contributed by atoms with Crippen molar-refractivity contribution in [1.29, 1.82) is 0 Å². The van der Waals surface area contributed by atoms with Crippen LogP contribution < -0.4 is 10.8 Å². The topological polar surface area (TPSA) is 70.6 Å². The highest BCUT2D eigenvalue weighted by Crippen LogP contribution is 2.37. The van der Waals surface area contributed by atoms with E-state index in [4.69, 9.17) is 9.94 Å². The van der Waals surface area contributed by atoms with E-state index in [0.717, 1.165) is 18.6 Å². The van der Waals surface area contributed by atoms with Gasteiger partial charge in [0.2, 0.25) is 0 Å². The molecule has 5 nitrogen and oxygen atoms in total. The van der Waals surface area contributed by atoms with Crippen molar-refractivity contribution in [2.45, 2.75) is 6.42 Å². The van der Waals surface area contributed by atoms with Gasteiger partial charge in [0.25, 0.3) is 5.91 Å². The maximum atomic E-state index is 14.3. The molecule has 2 atom stereocenters. The average Bonchev–Trinajstić information content (AvgIpc) is 3.39. The second-order valence-corrected chi connectivity index (χ2v) is 7.46. The number of carbonyl (C=O) groups is 1. The first-order chi connectivity index (χ1) is 12.9. The van der Waals surface area contributed by atoms with Crippen molar-refractivity contribution in [2.24, 2.45) is 11.8 Å². The fourth-order valence-electron chi connectivity index (χ4n) is 2.59. The third kappa shape index (κ3) is 4.71. The molecule has 2 aromatic rings. The standard InChI is InChI=1S/C18H16F3IN2O3/c19-13-3-2-12(18(26)24-27-8-10-5-9(10)7-25)17(16(13)21)23-15-4-1-11(22)6-14(15)20/h1-4,6,9-10,23,25H,5,7-8H2,(H,24,26). The summed E-state index contributed by atoms with van der Waals surface area (Å²) in [4.78, 5) is 17.4. The Morgan fingerprint density at radius 3 is 2.63 bits per heavy atom. The van der Waals surface area contributed by atoms with Crippen LogP contribution in [0.3, 0.4) is 0 Å². The van der Waals surface area contributed by atoms with E-state index in [1.54, 1.807) is 6.07 Å². The zero-order valence-electron chi connectivity index (χ0n) is 13.9. The molecule has 3 N–H and O–H groups in total. The summed E-state index contributed by atoms with van der Waals surface area (Å²) in [5.41, 5.74) is 1.34. The molecule has 3 rings (SSSR count). The van der Waals surface area contributed by atoms with E-state index in [1.165, 1.54) is 12.1 Å². The van der Waals surface area contributed by atoms with Gasteiger partial charge in [0.15, 0.2) is 11.6 Å². The van der Waals surface area contributed by atoms with E-state index in [1.807, 2.05) is 22.6 Å². The van der Waals surface area contributed by atoms with Crippen LogP contribution in [0.2, 0.25) is 0 Å². The molecule has 0 bridgehead atoms. The van der Waals surface area contributed by atoms with Gasteiger partial charge in [0, 0.05) is 10.2 Å². The van der Waals surface area contributed by atoms with Crippen molar-refractivity contribution < 1.29 is 27.9 Å². The van der Waals surface area contributed by atoms with Crippen molar-refractivity contribution in [2.75, 3.05) is 18.5 Å². The first-order valence-electron chi connectivity index (χ1n) is 8.13. The van der Waals surface area contributed by atoms with Gasteiger partial charge in [-0.05, 0) is 71.2 Å². The summed E-state index contributed by atoms with van der Waals surface area (Å²) in [6.45, 7) is 0.260. The number of halogens is 4. The van der Waals surface area contributed by atoms with Crippen molar-refractivity contribution in [3.05, 3.63) is 56.9 Å². The minimum atomic E-state index is -1.30. The summed E-state index contributed by atoms with van der Waals surface area (Å²) in [7, 11) is 0. The number of amides is 1. The molecule has 0 aromatic heterocycles. The molecular formula is C18H16F3IN2O3. The number of aliphatic hydroxyl groups is 1. The molecule has 0 heterocycles. The van der Waals surface area contributed by atoms with Crippen molar-refractivity contribution >= 4 is 39.9 Å². The summed E-state index contributed by atoms with van der Waals surface area (Å²) >= 11 is 1.91. The summed E-state index contributed by atoms with van der Waals surface area (Å²) in [5.74, 6) is -3.64. The fourth-order valence-corrected chi connectivity index (χ4v) is 3.05. The SMILES string of the molecule is O=C(NOCC1CC1CO)c1ccc(F)c(F)c1Nc1ccc(I)cc1F. The molecule has 1 amide bonds. The molecule has 1 saturated carbocycles. The highest BCUT2D eigenvalue weighted by molar-refractivity contribution is 14.1. The monoisotopic (exact) mass is 492 g/mol. The van der Waals surface area contributed by atoms with Gasteiger partial charge in [-0.1, -0.05) is 0 Å². The molecule has 27 heavy (non-hydrogen) atoms. The Labute approximate surface area is 167 Å². The molecule has 0 spiro atoms. The van der Waals surface area contributed by atoms with E-state index in [0.29, 0.717) is 3.57 Å². The fraction of sp³-hybridized carbons (Fsp3) is 0.278. The zero-order chi connectivity index (χ0) is 19.6. The molecule has 0 radical (unpaired) electrons. The van der Waals surface area contributed by atoms with Crippen LogP contribution in [0.4, 0.5) is 24.5 Å². The first kappa shape index (κ1) is 19.9. The van der Waals surface area contributed by atoms with Gasteiger partial charge in [-0.3, -0.25) is 9.63 Å². The predicted molar refractivity (Wildman–Crippen MR) is 101 cm³/mol. The quantitative estimate of drug-likeness (QED) is 0.407. The molecule has 2 aromatic carbocycles. The van der Waals surface area contributed by atoms with Gasteiger partial charge in [0.1, 0.15) is 5.82 Å². The molecule has 1 fully saturated rings. The molecule has 0 aliphatic heterocycles. The molecule has 9 heteroatoms. The zero-order valence-corrected chi connectivity index (χ0v) is 16.1. The largest absolute Gasteiger partial charge is 0.396 e. The van der Waals surface area contributed by atoms with Crippen LogP contribution in [0.1, 0.15) is 16.8 Å². The summed E-state index contributed by atoms with van der Waals surface area (Å²) in [5, 5.41) is 11.4. The maximum absolute atomic E-state index is 14.3. The number of hydrogen-bond donors (Lipinski definition) is 3. The molecular weight excluding hydrogens is 476 g/mol. The lowest BCUT2D eigenvalue weighted by atomic mass is 10.1. The van der Waals surface area contributed by atoms with Crippen LogP contribution in [-0.4, -0.2) is 24.2 Å². The van der Waals surface area contributed by atoms with Crippen LogP contribution in [0, 0.1) is 32.9 Å². The van der Waals surface area contributed by atoms with Gasteiger partial charge < -0.3 is 10.4 Å². The number of anilines is 2. The third-order valence-corrected chi connectivity index (χ3v) is 4.97. The van der Waals surface area contributed by atoms with Crippen LogP contribution in [0.15, 0.2) is 30.3 Å². The number of nitrogens with one attached hydrogen (secondary N) is 2. The van der Waals surface area contributed by atoms with E-state index in [2.05, 4.69) is 10.8 Å². The van der Waals surface area contributed by atoms with Crippen LogP contribution in [0.25, 0.3) is 0 Å². The van der Waals surface area contributed by atoms with Gasteiger partial charge in [-0.2, -0.15) is 0 Å². The number of benzene rings is 2. The third-order valence-electron chi connectivity index (χ3n) is 4.30. The Morgan fingerprint density at radius 2 is 1.96 bits per heavy atom. The number of rotatable bonds is 7. The first-order valence-corrected chi connectivity index (χ1v) is 9.21. The predicted octanol–water partition coefficient (Wildman–Crippen LogP) is 3.74. The van der Waals surface area contributed by atoms with E-state index >= 15 is 0 Å². The number of hydrogen-bond acceptors (Lipinski definition) is 4. The average molecular weight is 492 g/mol. The molecule has 1 aliphatic carbocycles. The number of carbonyl (C=O) groups excluding carboxylic acids is 1. The van der Waals surface area contributed by atoms with Gasteiger partial charge in [-0.15, -0.1) is 0 Å². The highest BCUT2D eigenvalue weighted by Gasteiger charge is 2.36. The number of hydroxylamine groups is 1. The lowest BCUT2D eigenvalue weighted by molar-refractivity contribution is 0.0248. The Hall–Kier alpha value is -1.85. The smallest absolute Gasteiger partial charge is 0.277 e. The lowest BCUT2D eigenvalue weighted by Crippen LogP contribution is -2.26. The Kier molecular flexibility index (Phi) is 6.22. The molecule has 144 valence electrons. The van der Waals surface area contributed by atoms with Crippen LogP contribution in [0.5, 0.6) is 0 Å². The van der Waals surface area contributed by atoms with Gasteiger partial charge >= 0.3 is 0 Å².